The molecule has 2 aromatic rings. The second-order valence-corrected chi connectivity index (χ2v) is 6.88. The molecule has 0 N–H and O–H groups in total. The summed E-state index contributed by atoms with van der Waals surface area (Å²) >= 11 is 0. The molecule has 0 radical (unpaired) electrons. The zero-order chi connectivity index (χ0) is 18.5. The van der Waals surface area contributed by atoms with Crippen molar-refractivity contribution in [2.75, 3.05) is 20.0 Å². The summed E-state index contributed by atoms with van der Waals surface area (Å²) in [6, 6.07) is 7.36. The Morgan fingerprint density at radius 1 is 1.11 bits per heavy atom. The molecule has 27 heavy (non-hydrogen) atoms. The van der Waals surface area contributed by atoms with Crippen molar-refractivity contribution in [2.45, 2.75) is 38.9 Å². The second-order valence-electron chi connectivity index (χ2n) is 6.88. The van der Waals surface area contributed by atoms with Gasteiger partial charge >= 0.3 is 0 Å². The zero-order valence-corrected chi connectivity index (χ0v) is 15.1. The van der Waals surface area contributed by atoms with E-state index < -0.39 is 0 Å². The Labute approximate surface area is 157 Å². The number of aromatic nitrogens is 1. The quantitative estimate of drug-likeness (QED) is 0.655. The van der Waals surface area contributed by atoms with Crippen LogP contribution in [0.3, 0.4) is 0 Å². The van der Waals surface area contributed by atoms with E-state index in [1.807, 2.05) is 18.2 Å². The van der Waals surface area contributed by atoms with Gasteiger partial charge in [0.15, 0.2) is 23.0 Å². The van der Waals surface area contributed by atoms with E-state index >= 15 is 0 Å². The highest BCUT2D eigenvalue weighted by atomic mass is 16.7. The van der Waals surface area contributed by atoms with Crippen LogP contribution in [0.1, 0.15) is 47.5 Å². The lowest BCUT2D eigenvalue weighted by Gasteiger charge is -2.21. The lowest BCUT2D eigenvalue weighted by molar-refractivity contribution is 0.0618. The number of ether oxygens (including phenoxy) is 4. The van der Waals surface area contributed by atoms with Crippen LogP contribution >= 0.6 is 0 Å². The van der Waals surface area contributed by atoms with Gasteiger partial charge in [0.1, 0.15) is 12.3 Å². The number of rotatable bonds is 8. The molecule has 0 bridgehead atoms. The topological polar surface area (TPSA) is 80.0 Å². The van der Waals surface area contributed by atoms with Crippen LogP contribution in [0.2, 0.25) is 0 Å². The number of ketones is 1. The van der Waals surface area contributed by atoms with E-state index in [-0.39, 0.29) is 19.2 Å². The van der Waals surface area contributed by atoms with E-state index in [0.717, 1.165) is 49.5 Å². The zero-order valence-electron chi connectivity index (χ0n) is 15.1. The minimum Gasteiger partial charge on any atom is -0.454 e. The van der Waals surface area contributed by atoms with Gasteiger partial charge in [0, 0.05) is 25.7 Å². The molecule has 0 saturated carbocycles. The first-order valence-corrected chi connectivity index (χ1v) is 9.31. The van der Waals surface area contributed by atoms with Gasteiger partial charge in [-0.1, -0.05) is 11.2 Å². The lowest BCUT2D eigenvalue weighted by Crippen LogP contribution is -2.16. The number of hydrogen-bond donors (Lipinski definition) is 0. The first-order valence-electron chi connectivity index (χ1n) is 9.31. The molecule has 144 valence electrons. The summed E-state index contributed by atoms with van der Waals surface area (Å²) in [4.78, 5) is 12.3. The smallest absolute Gasteiger partial charge is 0.231 e. The molecular formula is C20H23NO6. The number of nitrogens with zero attached hydrogens (tertiary/aromatic N) is 1. The summed E-state index contributed by atoms with van der Waals surface area (Å²) in [6.07, 6.45) is 3.44. The maximum absolute atomic E-state index is 12.3. The van der Waals surface area contributed by atoms with Gasteiger partial charge in [-0.15, -0.1) is 0 Å². The number of carbonyl (C=O) groups excluding carboxylic acids is 1. The van der Waals surface area contributed by atoms with Gasteiger partial charge in [0.05, 0.1) is 6.61 Å². The molecule has 4 rings (SSSR count). The van der Waals surface area contributed by atoms with E-state index in [0.29, 0.717) is 30.4 Å². The third-order valence-electron chi connectivity index (χ3n) is 4.92. The highest BCUT2D eigenvalue weighted by molar-refractivity contribution is 5.94. The van der Waals surface area contributed by atoms with Crippen LogP contribution in [0.5, 0.6) is 11.5 Å². The van der Waals surface area contributed by atoms with Gasteiger partial charge in [-0.2, -0.15) is 0 Å². The Balaban J connectivity index is 1.22. The van der Waals surface area contributed by atoms with Crippen LogP contribution in [0.25, 0.3) is 0 Å². The number of fused-ring (bicyclic) bond motifs is 1. The van der Waals surface area contributed by atoms with Crippen LogP contribution in [0.15, 0.2) is 28.8 Å². The average Bonchev–Trinajstić information content (AvgIpc) is 3.36. The van der Waals surface area contributed by atoms with Crippen LogP contribution in [-0.2, 0) is 22.7 Å². The Hall–Kier alpha value is -2.38. The molecule has 1 saturated heterocycles. The molecule has 0 atom stereocenters. The molecule has 7 heteroatoms. The predicted molar refractivity (Wildman–Crippen MR) is 94.7 cm³/mol. The van der Waals surface area contributed by atoms with Crippen molar-refractivity contribution in [1.29, 1.82) is 0 Å². The highest BCUT2D eigenvalue weighted by Gasteiger charge is 2.18. The van der Waals surface area contributed by atoms with Crippen molar-refractivity contribution in [3.8, 4) is 11.5 Å². The summed E-state index contributed by atoms with van der Waals surface area (Å²) in [7, 11) is 0. The molecule has 2 aliphatic rings. The van der Waals surface area contributed by atoms with Crippen LogP contribution in [-0.4, -0.2) is 30.9 Å². The number of benzene rings is 1. The Morgan fingerprint density at radius 2 is 1.96 bits per heavy atom. The summed E-state index contributed by atoms with van der Waals surface area (Å²) < 4.78 is 26.9. The lowest BCUT2D eigenvalue weighted by atomic mass is 9.93. The van der Waals surface area contributed by atoms with E-state index in [9.17, 15) is 4.79 Å². The van der Waals surface area contributed by atoms with E-state index in [2.05, 4.69) is 5.16 Å². The molecule has 2 aliphatic heterocycles. The summed E-state index contributed by atoms with van der Waals surface area (Å²) in [5.74, 6) is 2.61. The number of carbonyl (C=O) groups is 1. The predicted octanol–water partition coefficient (Wildman–Crippen LogP) is 3.51. The fourth-order valence-electron chi connectivity index (χ4n) is 3.31. The second kappa shape index (κ2) is 8.54. The fraction of sp³-hybridized carbons (Fsp3) is 0.500. The SMILES string of the molecule is O=C(CCC1CCOCC1)c1cc(COCc2ccc3c(c2)OCO3)on1. The van der Waals surface area contributed by atoms with Crippen molar-refractivity contribution in [2.24, 2.45) is 5.92 Å². The van der Waals surface area contributed by atoms with E-state index in [4.69, 9.17) is 23.5 Å². The third kappa shape index (κ3) is 4.67. The van der Waals surface area contributed by atoms with Crippen molar-refractivity contribution in [1.82, 2.24) is 5.16 Å². The summed E-state index contributed by atoms with van der Waals surface area (Å²) in [5.41, 5.74) is 1.36. The highest BCUT2D eigenvalue weighted by Crippen LogP contribution is 2.32. The van der Waals surface area contributed by atoms with Gasteiger partial charge in [-0.05, 0) is 42.9 Å². The standard InChI is InChI=1S/C20H23NO6/c22-18(3-1-14-5-7-23-8-6-14)17-10-16(27-21-17)12-24-11-15-2-4-19-20(9-15)26-13-25-19/h2,4,9-10,14H,1,3,5-8,11-13H2. The summed E-state index contributed by atoms with van der Waals surface area (Å²) in [5, 5.41) is 3.89. The van der Waals surface area contributed by atoms with Crippen molar-refractivity contribution < 1.29 is 28.3 Å². The first-order chi connectivity index (χ1) is 13.3. The van der Waals surface area contributed by atoms with Crippen molar-refractivity contribution in [3.05, 3.63) is 41.3 Å². The fourth-order valence-corrected chi connectivity index (χ4v) is 3.31. The molecule has 7 nitrogen and oxygen atoms in total. The van der Waals surface area contributed by atoms with E-state index in [1.165, 1.54) is 0 Å². The molecule has 3 heterocycles. The van der Waals surface area contributed by atoms with Gasteiger partial charge in [-0.3, -0.25) is 4.79 Å². The first kappa shape index (κ1) is 18.0. The molecule has 1 aromatic carbocycles. The van der Waals surface area contributed by atoms with E-state index in [1.54, 1.807) is 6.07 Å². The number of hydrogen-bond acceptors (Lipinski definition) is 7. The Morgan fingerprint density at radius 3 is 2.85 bits per heavy atom. The Kier molecular flexibility index (Phi) is 5.69. The molecule has 0 unspecified atom stereocenters. The third-order valence-corrected chi connectivity index (χ3v) is 4.92. The molecule has 1 aromatic heterocycles. The average molecular weight is 373 g/mol. The minimum atomic E-state index is 0.0206. The Bertz CT molecular complexity index is 781. The molecule has 0 spiro atoms. The van der Waals surface area contributed by atoms with Crippen molar-refractivity contribution >= 4 is 5.78 Å². The van der Waals surface area contributed by atoms with Crippen LogP contribution < -0.4 is 9.47 Å². The van der Waals surface area contributed by atoms with Gasteiger partial charge < -0.3 is 23.5 Å². The van der Waals surface area contributed by atoms with Crippen LogP contribution in [0, 0.1) is 5.92 Å². The molecule has 0 aliphatic carbocycles. The maximum atomic E-state index is 12.3. The molecule has 0 amide bonds. The largest absolute Gasteiger partial charge is 0.454 e. The molecular weight excluding hydrogens is 350 g/mol. The monoisotopic (exact) mass is 373 g/mol. The van der Waals surface area contributed by atoms with Gasteiger partial charge in [0.25, 0.3) is 0 Å². The summed E-state index contributed by atoms with van der Waals surface area (Å²) in [6.45, 7) is 2.52. The maximum Gasteiger partial charge on any atom is 0.231 e. The normalized spacial score (nSPS) is 16.6. The van der Waals surface area contributed by atoms with Gasteiger partial charge in [-0.25, -0.2) is 0 Å². The van der Waals surface area contributed by atoms with Crippen molar-refractivity contribution in [3.63, 3.8) is 0 Å². The van der Waals surface area contributed by atoms with Gasteiger partial charge in [0.2, 0.25) is 6.79 Å². The number of Topliss-reactive ketones (excluding diaryl/α,β-unsaturated/α-hetero) is 1. The van der Waals surface area contributed by atoms with Crippen LogP contribution in [0.4, 0.5) is 0 Å². The minimum absolute atomic E-state index is 0.0206. The molecule has 1 fully saturated rings.